The molecule has 1 saturated carbocycles. The maximum Gasteiger partial charge on any atom is 0.232 e. The second-order valence-electron chi connectivity index (χ2n) is 4.90. The van der Waals surface area contributed by atoms with Crippen LogP contribution < -0.4 is 5.32 Å². The number of hydrogen-bond donors (Lipinski definition) is 1. The molecule has 2 bridgehead atoms. The fourth-order valence-corrected chi connectivity index (χ4v) is 3.15. The van der Waals surface area contributed by atoms with Crippen LogP contribution in [0.3, 0.4) is 0 Å². The van der Waals surface area contributed by atoms with Gasteiger partial charge in [-0.15, -0.1) is 0 Å². The van der Waals surface area contributed by atoms with Crippen molar-refractivity contribution in [3.05, 3.63) is 0 Å². The molecule has 0 aromatic rings. The zero-order valence-electron chi connectivity index (χ0n) is 8.74. The van der Waals surface area contributed by atoms with Gasteiger partial charge in [0.1, 0.15) is 0 Å². The van der Waals surface area contributed by atoms with Gasteiger partial charge in [0.25, 0.3) is 0 Å². The highest BCUT2D eigenvalue weighted by Gasteiger charge is 2.47. The summed E-state index contributed by atoms with van der Waals surface area (Å²) >= 11 is 0. The molecule has 0 radical (unpaired) electrons. The number of nitrogens with one attached hydrogen (secondary N) is 1. The van der Waals surface area contributed by atoms with E-state index < -0.39 is 0 Å². The molecule has 2 saturated heterocycles. The third-order valence-electron chi connectivity index (χ3n) is 4.01. The summed E-state index contributed by atoms with van der Waals surface area (Å²) in [5.41, 5.74) is 0. The normalized spacial score (nSPS) is 40.3. The molecule has 4 heteroatoms. The summed E-state index contributed by atoms with van der Waals surface area (Å²) in [4.78, 5) is 25.7. The van der Waals surface area contributed by atoms with Gasteiger partial charge in [0.15, 0.2) is 0 Å². The molecule has 0 aromatic carbocycles. The van der Waals surface area contributed by atoms with Gasteiger partial charge in [-0.1, -0.05) is 0 Å². The van der Waals surface area contributed by atoms with Crippen LogP contribution in [-0.2, 0) is 9.59 Å². The Morgan fingerprint density at radius 2 is 1.73 bits per heavy atom. The molecule has 3 atom stereocenters. The molecular formula is C11H16N2O2. The van der Waals surface area contributed by atoms with Crippen molar-refractivity contribution in [2.45, 2.75) is 31.7 Å². The Bertz CT molecular complexity index is 288. The average Bonchev–Trinajstić information content (AvgIpc) is 2.86. The van der Waals surface area contributed by atoms with Crippen LogP contribution in [0.1, 0.15) is 25.7 Å². The molecule has 2 amide bonds. The maximum atomic E-state index is 12.1. The summed E-state index contributed by atoms with van der Waals surface area (Å²) < 4.78 is 0. The third kappa shape index (κ3) is 1.31. The lowest BCUT2D eigenvalue weighted by Gasteiger charge is -2.33. The Kier molecular flexibility index (Phi) is 2.06. The number of carbonyl (C=O) groups is 2. The monoisotopic (exact) mass is 208 g/mol. The molecule has 3 unspecified atom stereocenters. The molecule has 1 aliphatic carbocycles. The first-order valence-electron chi connectivity index (χ1n) is 5.85. The first-order valence-corrected chi connectivity index (χ1v) is 5.85. The molecule has 15 heavy (non-hydrogen) atoms. The van der Waals surface area contributed by atoms with Gasteiger partial charge in [-0.25, -0.2) is 0 Å². The largest absolute Gasteiger partial charge is 0.315 e. The van der Waals surface area contributed by atoms with Crippen LogP contribution in [0.2, 0.25) is 0 Å². The van der Waals surface area contributed by atoms with Gasteiger partial charge < -0.3 is 5.32 Å². The highest BCUT2D eigenvalue weighted by molar-refractivity contribution is 6.01. The van der Waals surface area contributed by atoms with Crippen molar-refractivity contribution in [3.63, 3.8) is 0 Å². The fourth-order valence-electron chi connectivity index (χ4n) is 3.15. The number of nitrogens with zero attached hydrogens (tertiary/aromatic N) is 1. The molecule has 3 rings (SSSR count). The predicted molar refractivity (Wildman–Crippen MR) is 54.0 cm³/mol. The first kappa shape index (κ1) is 9.33. The molecule has 2 heterocycles. The van der Waals surface area contributed by atoms with Gasteiger partial charge in [0.2, 0.25) is 11.8 Å². The molecule has 4 nitrogen and oxygen atoms in total. The molecule has 82 valence electrons. The smallest absolute Gasteiger partial charge is 0.232 e. The number of likely N-dealkylation sites (tertiary alicyclic amines) is 1. The van der Waals surface area contributed by atoms with Crippen molar-refractivity contribution in [3.8, 4) is 0 Å². The van der Waals surface area contributed by atoms with Crippen LogP contribution in [0.5, 0.6) is 0 Å². The molecule has 3 fully saturated rings. The Morgan fingerprint density at radius 1 is 1.07 bits per heavy atom. The number of piperidine rings is 1. The van der Waals surface area contributed by atoms with Crippen molar-refractivity contribution in [1.29, 1.82) is 0 Å². The van der Waals surface area contributed by atoms with Crippen LogP contribution >= 0.6 is 0 Å². The van der Waals surface area contributed by atoms with E-state index in [1.54, 1.807) is 4.90 Å². The number of amides is 2. The lowest BCUT2D eigenvalue weighted by molar-refractivity contribution is -0.155. The van der Waals surface area contributed by atoms with Gasteiger partial charge in [0.05, 0.1) is 6.04 Å². The number of carbonyl (C=O) groups excluding carboxylic acids is 2. The summed E-state index contributed by atoms with van der Waals surface area (Å²) in [6, 6.07) is 0.133. The zero-order chi connectivity index (χ0) is 10.4. The van der Waals surface area contributed by atoms with Crippen molar-refractivity contribution in [2.75, 3.05) is 13.1 Å². The van der Waals surface area contributed by atoms with E-state index >= 15 is 0 Å². The van der Waals surface area contributed by atoms with E-state index in [9.17, 15) is 9.59 Å². The summed E-state index contributed by atoms with van der Waals surface area (Å²) in [5, 5.41) is 3.21. The van der Waals surface area contributed by atoms with Gasteiger partial charge in [-0.05, 0) is 32.2 Å². The van der Waals surface area contributed by atoms with Crippen LogP contribution in [0.4, 0.5) is 0 Å². The second-order valence-corrected chi connectivity index (χ2v) is 4.90. The highest BCUT2D eigenvalue weighted by Crippen LogP contribution is 2.39. The Morgan fingerprint density at radius 3 is 2.27 bits per heavy atom. The minimum absolute atomic E-state index is 0.0995. The Hall–Kier alpha value is -0.900. The van der Waals surface area contributed by atoms with Crippen LogP contribution in [0.15, 0.2) is 0 Å². The van der Waals surface area contributed by atoms with Gasteiger partial charge in [-0.3, -0.25) is 14.5 Å². The zero-order valence-corrected chi connectivity index (χ0v) is 8.74. The van der Waals surface area contributed by atoms with Gasteiger partial charge >= 0.3 is 0 Å². The predicted octanol–water partition coefficient (Wildman–Crippen LogP) is 0.133. The molecule has 0 aromatic heterocycles. The van der Waals surface area contributed by atoms with Crippen molar-refractivity contribution >= 4 is 11.8 Å². The summed E-state index contributed by atoms with van der Waals surface area (Å²) in [6.45, 7) is 1.72. The highest BCUT2D eigenvalue weighted by atomic mass is 16.2. The topological polar surface area (TPSA) is 49.4 Å². The number of fused-ring (bicyclic) bond motifs is 2. The van der Waals surface area contributed by atoms with Gasteiger partial charge in [-0.2, -0.15) is 0 Å². The Balaban J connectivity index is 1.86. The molecule has 0 spiro atoms. The van der Waals surface area contributed by atoms with E-state index in [4.69, 9.17) is 0 Å². The number of imide groups is 1. The lowest BCUT2D eigenvalue weighted by Crippen LogP contribution is -2.52. The SMILES string of the molecule is O=C1C2CCC(C2)C(=O)N1C1CCNC1. The summed E-state index contributed by atoms with van der Waals surface area (Å²) in [6.07, 6.45) is 3.59. The van der Waals surface area contributed by atoms with E-state index in [0.29, 0.717) is 0 Å². The van der Waals surface area contributed by atoms with Crippen molar-refractivity contribution < 1.29 is 9.59 Å². The minimum atomic E-state index is 0.0995. The van der Waals surface area contributed by atoms with Crippen molar-refractivity contribution in [2.24, 2.45) is 11.8 Å². The van der Waals surface area contributed by atoms with E-state index in [1.165, 1.54) is 0 Å². The standard InChI is InChI=1S/C11H16N2O2/c14-10-7-1-2-8(5-7)11(15)13(10)9-3-4-12-6-9/h7-9,12H,1-6H2. The maximum absolute atomic E-state index is 12.1. The minimum Gasteiger partial charge on any atom is -0.315 e. The first-order chi connectivity index (χ1) is 7.27. The summed E-state index contributed by atoms with van der Waals surface area (Å²) in [7, 11) is 0. The molecular weight excluding hydrogens is 192 g/mol. The third-order valence-corrected chi connectivity index (χ3v) is 4.01. The van der Waals surface area contributed by atoms with E-state index in [-0.39, 0.29) is 29.7 Å². The van der Waals surface area contributed by atoms with E-state index in [2.05, 4.69) is 5.32 Å². The lowest BCUT2D eigenvalue weighted by atomic mass is 9.95. The number of rotatable bonds is 1. The van der Waals surface area contributed by atoms with E-state index in [1.807, 2.05) is 0 Å². The molecule has 2 aliphatic heterocycles. The van der Waals surface area contributed by atoms with Crippen LogP contribution in [0.25, 0.3) is 0 Å². The quantitative estimate of drug-likeness (QED) is 0.623. The molecule has 3 aliphatic rings. The van der Waals surface area contributed by atoms with E-state index in [0.717, 1.165) is 38.8 Å². The summed E-state index contributed by atoms with van der Waals surface area (Å²) in [5.74, 6) is 0.492. The molecule has 1 N–H and O–H groups in total. The Labute approximate surface area is 89.0 Å². The second kappa shape index (κ2) is 3.30. The fraction of sp³-hybridized carbons (Fsp3) is 0.818. The van der Waals surface area contributed by atoms with Gasteiger partial charge in [0, 0.05) is 18.4 Å². The van der Waals surface area contributed by atoms with Crippen LogP contribution in [-0.4, -0.2) is 35.8 Å². The average molecular weight is 208 g/mol. The van der Waals surface area contributed by atoms with Crippen molar-refractivity contribution in [1.82, 2.24) is 10.2 Å². The van der Waals surface area contributed by atoms with Crippen LogP contribution in [0, 0.1) is 11.8 Å². The number of hydrogen-bond acceptors (Lipinski definition) is 3.